The number of methoxy groups -OCH3 is 1. The van der Waals surface area contributed by atoms with Gasteiger partial charge >= 0.3 is 0 Å². The van der Waals surface area contributed by atoms with Crippen molar-refractivity contribution in [2.75, 3.05) is 7.11 Å². The second kappa shape index (κ2) is 4.55. The Hall–Kier alpha value is -0.900. The number of rotatable bonds is 3. The quantitative estimate of drug-likeness (QED) is 0.811. The summed E-state index contributed by atoms with van der Waals surface area (Å²) in [6, 6.07) is 2.58. The zero-order valence-electron chi connectivity index (χ0n) is 7.61. The molecule has 0 aliphatic heterocycles. The molecule has 0 bridgehead atoms. The van der Waals surface area contributed by atoms with Crippen LogP contribution in [-0.4, -0.2) is 7.11 Å². The molecule has 0 aromatic heterocycles. The summed E-state index contributed by atoms with van der Waals surface area (Å²) in [4.78, 5) is 0. The van der Waals surface area contributed by atoms with Crippen LogP contribution in [0.15, 0.2) is 23.2 Å². The van der Waals surface area contributed by atoms with E-state index in [-0.39, 0.29) is 5.75 Å². The van der Waals surface area contributed by atoms with Gasteiger partial charge in [-0.05, 0) is 22.2 Å². The van der Waals surface area contributed by atoms with Gasteiger partial charge in [-0.15, -0.1) is 0 Å². The summed E-state index contributed by atoms with van der Waals surface area (Å²) >= 11 is 3.15. The molecule has 0 heterocycles. The zero-order valence-corrected chi connectivity index (χ0v) is 9.20. The molecule has 4 heteroatoms. The van der Waals surface area contributed by atoms with Crippen molar-refractivity contribution >= 4 is 15.9 Å². The van der Waals surface area contributed by atoms with Crippen LogP contribution in [0.25, 0.3) is 0 Å². The maximum absolute atomic E-state index is 13.0. The van der Waals surface area contributed by atoms with E-state index in [1.165, 1.54) is 13.2 Å². The van der Waals surface area contributed by atoms with Gasteiger partial charge in [-0.1, -0.05) is 22.5 Å². The SMILES string of the molecule is C=C(Br)Cc1cc(F)c(F)c(OC)c1. The van der Waals surface area contributed by atoms with Crippen molar-refractivity contribution in [2.24, 2.45) is 0 Å². The van der Waals surface area contributed by atoms with Crippen molar-refractivity contribution in [3.63, 3.8) is 0 Å². The minimum Gasteiger partial charge on any atom is -0.494 e. The third-order valence-electron chi connectivity index (χ3n) is 1.67. The van der Waals surface area contributed by atoms with E-state index in [2.05, 4.69) is 27.2 Å². The summed E-state index contributed by atoms with van der Waals surface area (Å²) in [5, 5.41) is 0. The van der Waals surface area contributed by atoms with Crippen LogP contribution >= 0.6 is 15.9 Å². The van der Waals surface area contributed by atoms with Gasteiger partial charge in [0.25, 0.3) is 0 Å². The average molecular weight is 263 g/mol. The lowest BCUT2D eigenvalue weighted by molar-refractivity contribution is 0.371. The first-order valence-electron chi connectivity index (χ1n) is 3.89. The average Bonchev–Trinajstić information content (AvgIpc) is 2.10. The smallest absolute Gasteiger partial charge is 0.200 e. The molecular formula is C10H9BrF2O. The fourth-order valence-corrected chi connectivity index (χ4v) is 1.41. The molecule has 0 aliphatic carbocycles. The van der Waals surface area contributed by atoms with E-state index in [1.807, 2.05) is 0 Å². The lowest BCUT2D eigenvalue weighted by Crippen LogP contribution is -1.95. The molecule has 1 aromatic rings. The Morgan fingerprint density at radius 1 is 1.50 bits per heavy atom. The van der Waals surface area contributed by atoms with E-state index in [1.54, 1.807) is 0 Å². The van der Waals surface area contributed by atoms with Crippen LogP contribution in [0.3, 0.4) is 0 Å². The summed E-state index contributed by atoms with van der Waals surface area (Å²) in [7, 11) is 1.30. The highest BCUT2D eigenvalue weighted by Gasteiger charge is 2.11. The Morgan fingerprint density at radius 2 is 2.14 bits per heavy atom. The molecular weight excluding hydrogens is 254 g/mol. The number of allylic oxidation sites excluding steroid dienone is 1. The maximum atomic E-state index is 13.0. The minimum atomic E-state index is -0.962. The van der Waals surface area contributed by atoms with Crippen molar-refractivity contribution in [2.45, 2.75) is 6.42 Å². The first-order valence-corrected chi connectivity index (χ1v) is 4.69. The number of benzene rings is 1. The molecule has 14 heavy (non-hydrogen) atoms. The van der Waals surface area contributed by atoms with E-state index >= 15 is 0 Å². The fraction of sp³-hybridized carbons (Fsp3) is 0.200. The number of halogens is 3. The van der Waals surface area contributed by atoms with Crippen molar-refractivity contribution in [3.8, 4) is 5.75 Å². The first-order chi connectivity index (χ1) is 6.54. The Bertz CT molecular complexity index is 363. The number of hydrogen-bond donors (Lipinski definition) is 0. The molecule has 0 spiro atoms. The Balaban J connectivity index is 3.09. The predicted molar refractivity (Wildman–Crippen MR) is 54.7 cm³/mol. The second-order valence-electron chi connectivity index (χ2n) is 2.79. The van der Waals surface area contributed by atoms with E-state index in [9.17, 15) is 8.78 Å². The van der Waals surface area contributed by atoms with Gasteiger partial charge in [0.1, 0.15) is 0 Å². The van der Waals surface area contributed by atoms with Crippen LogP contribution in [0.4, 0.5) is 8.78 Å². The molecule has 0 unspecified atom stereocenters. The van der Waals surface area contributed by atoms with Gasteiger partial charge in [-0.3, -0.25) is 0 Å². The molecule has 0 radical (unpaired) electrons. The van der Waals surface area contributed by atoms with E-state index in [0.29, 0.717) is 16.5 Å². The first kappa shape index (κ1) is 11.2. The molecule has 0 atom stereocenters. The van der Waals surface area contributed by atoms with Gasteiger partial charge in [-0.25, -0.2) is 4.39 Å². The van der Waals surface area contributed by atoms with E-state index in [0.717, 1.165) is 6.07 Å². The minimum absolute atomic E-state index is 0.0891. The van der Waals surface area contributed by atoms with Gasteiger partial charge in [0.05, 0.1) is 7.11 Å². The topological polar surface area (TPSA) is 9.23 Å². The Kier molecular flexibility index (Phi) is 3.63. The van der Waals surface area contributed by atoms with Crippen LogP contribution < -0.4 is 4.74 Å². The van der Waals surface area contributed by atoms with E-state index < -0.39 is 11.6 Å². The summed E-state index contributed by atoms with van der Waals surface area (Å²) in [5.74, 6) is -1.96. The third-order valence-corrected chi connectivity index (χ3v) is 1.95. The zero-order chi connectivity index (χ0) is 10.7. The molecule has 0 aliphatic rings. The highest BCUT2D eigenvalue weighted by Crippen LogP contribution is 2.23. The predicted octanol–water partition coefficient (Wildman–Crippen LogP) is 3.42. The Labute approximate surface area is 89.5 Å². The van der Waals surface area contributed by atoms with Crippen LogP contribution in [0, 0.1) is 11.6 Å². The van der Waals surface area contributed by atoms with Crippen molar-refractivity contribution < 1.29 is 13.5 Å². The van der Waals surface area contributed by atoms with Crippen LogP contribution in [0.2, 0.25) is 0 Å². The van der Waals surface area contributed by atoms with Crippen LogP contribution in [0.1, 0.15) is 5.56 Å². The molecule has 1 nitrogen and oxygen atoms in total. The third kappa shape index (κ3) is 2.54. The fourth-order valence-electron chi connectivity index (χ4n) is 1.09. The normalized spacial score (nSPS) is 10.0. The summed E-state index contributed by atoms with van der Waals surface area (Å²) in [5.41, 5.74) is 0.614. The molecule has 0 amide bonds. The largest absolute Gasteiger partial charge is 0.494 e. The highest BCUT2D eigenvalue weighted by atomic mass is 79.9. The van der Waals surface area contributed by atoms with Gasteiger partial charge < -0.3 is 4.74 Å². The second-order valence-corrected chi connectivity index (χ2v) is 3.91. The van der Waals surface area contributed by atoms with E-state index in [4.69, 9.17) is 0 Å². The summed E-state index contributed by atoms with van der Waals surface area (Å²) < 4.78 is 31.4. The molecule has 76 valence electrons. The lowest BCUT2D eigenvalue weighted by atomic mass is 10.1. The highest BCUT2D eigenvalue weighted by molar-refractivity contribution is 9.11. The van der Waals surface area contributed by atoms with Gasteiger partial charge in [0.15, 0.2) is 11.6 Å². The van der Waals surface area contributed by atoms with Crippen LogP contribution in [-0.2, 0) is 6.42 Å². The molecule has 0 saturated heterocycles. The van der Waals surface area contributed by atoms with Gasteiger partial charge in [-0.2, -0.15) is 4.39 Å². The van der Waals surface area contributed by atoms with Gasteiger partial charge in [0, 0.05) is 6.42 Å². The Morgan fingerprint density at radius 3 is 2.64 bits per heavy atom. The molecule has 1 rings (SSSR count). The van der Waals surface area contributed by atoms with Gasteiger partial charge in [0.2, 0.25) is 5.82 Å². The van der Waals surface area contributed by atoms with Crippen molar-refractivity contribution in [3.05, 3.63) is 40.4 Å². The molecule has 0 N–H and O–H groups in total. The number of ether oxygens (including phenoxy) is 1. The molecule has 1 aromatic carbocycles. The maximum Gasteiger partial charge on any atom is 0.200 e. The molecule has 0 saturated carbocycles. The van der Waals surface area contributed by atoms with Crippen LogP contribution in [0.5, 0.6) is 5.75 Å². The monoisotopic (exact) mass is 262 g/mol. The lowest BCUT2D eigenvalue weighted by Gasteiger charge is -2.06. The van der Waals surface area contributed by atoms with Crippen molar-refractivity contribution in [1.82, 2.24) is 0 Å². The summed E-state index contributed by atoms with van der Waals surface area (Å²) in [6.45, 7) is 3.62. The standard InChI is InChI=1S/C10H9BrF2O/c1-6(11)3-7-4-8(12)10(13)9(5-7)14-2/h4-5H,1,3H2,2H3. The molecule has 0 fully saturated rings. The summed E-state index contributed by atoms with van der Waals surface area (Å²) in [6.07, 6.45) is 0.438. The van der Waals surface area contributed by atoms with Crippen molar-refractivity contribution in [1.29, 1.82) is 0 Å². The number of hydrogen-bond acceptors (Lipinski definition) is 1.